The van der Waals surface area contributed by atoms with Gasteiger partial charge in [-0.25, -0.2) is 4.79 Å². The first-order valence-corrected chi connectivity index (χ1v) is 7.74. The van der Waals surface area contributed by atoms with Crippen LogP contribution in [0.3, 0.4) is 0 Å². The van der Waals surface area contributed by atoms with Gasteiger partial charge in [0.2, 0.25) is 5.95 Å². The van der Waals surface area contributed by atoms with E-state index in [9.17, 15) is 4.79 Å². The first-order valence-electron chi connectivity index (χ1n) is 6.99. The summed E-state index contributed by atoms with van der Waals surface area (Å²) in [6.45, 7) is 2.77. The molecular formula is C14H15Cl2N5O3. The lowest BCUT2D eigenvalue weighted by atomic mass is 10.1. The number of nitrogens with one attached hydrogen (secondary N) is 1. The second-order valence-corrected chi connectivity index (χ2v) is 5.21. The van der Waals surface area contributed by atoms with Crippen molar-refractivity contribution < 1.29 is 14.3 Å². The normalized spacial score (nSPS) is 10.5. The second-order valence-electron chi connectivity index (χ2n) is 4.43. The Hall–Kier alpha value is -2.16. The number of aromatic nitrogens is 3. The van der Waals surface area contributed by atoms with E-state index in [0.29, 0.717) is 23.8 Å². The molecule has 3 N–H and O–H groups in total. The minimum absolute atomic E-state index is 0.0630. The summed E-state index contributed by atoms with van der Waals surface area (Å²) in [5, 5.41) is 10.7. The molecule has 0 unspecified atom stereocenters. The molecule has 8 nitrogen and oxygen atoms in total. The van der Waals surface area contributed by atoms with Gasteiger partial charge in [-0.2, -0.15) is 4.98 Å². The lowest BCUT2D eigenvalue weighted by molar-refractivity contribution is 0.0849. The predicted molar refractivity (Wildman–Crippen MR) is 91.2 cm³/mol. The van der Waals surface area contributed by atoms with Crippen LogP contribution >= 0.6 is 23.2 Å². The summed E-state index contributed by atoms with van der Waals surface area (Å²) in [7, 11) is 0. The number of nitrogens with two attached hydrogens (primary N) is 1. The Morgan fingerprint density at radius 3 is 2.83 bits per heavy atom. The number of hydrogen-bond acceptors (Lipinski definition) is 7. The van der Waals surface area contributed by atoms with Crippen LogP contribution in [-0.4, -0.2) is 41.1 Å². The number of nitrogen functional groups attached to an aromatic ring is 1. The van der Waals surface area contributed by atoms with Gasteiger partial charge in [0, 0.05) is 12.2 Å². The standard InChI is InChI=1S/C14H15Cl2N5O3/c1-2-23-6-7-24-14(22)19-12-11(20-21-13(17)18-12)8-4-3-5-9(15)10(8)16/h3-5H,2,6-7H2,1H3,(H3,17,18,19,21,22). The molecule has 128 valence electrons. The molecule has 10 heteroatoms. The Kier molecular flexibility index (Phi) is 6.53. The van der Waals surface area contributed by atoms with Crippen LogP contribution < -0.4 is 11.1 Å². The molecule has 0 saturated heterocycles. The van der Waals surface area contributed by atoms with Gasteiger partial charge in [-0.15, -0.1) is 10.2 Å². The zero-order valence-corrected chi connectivity index (χ0v) is 14.3. The summed E-state index contributed by atoms with van der Waals surface area (Å²) in [5.41, 5.74) is 6.21. The van der Waals surface area contributed by atoms with Gasteiger partial charge >= 0.3 is 6.09 Å². The van der Waals surface area contributed by atoms with E-state index in [4.69, 9.17) is 38.4 Å². The third-order valence-corrected chi connectivity index (χ3v) is 3.61. The maximum Gasteiger partial charge on any atom is 0.412 e. The number of hydrogen-bond donors (Lipinski definition) is 2. The zero-order chi connectivity index (χ0) is 17.5. The Bertz CT molecular complexity index is 730. The van der Waals surface area contributed by atoms with Gasteiger partial charge in [0.05, 0.1) is 16.7 Å². The number of ether oxygens (including phenoxy) is 2. The van der Waals surface area contributed by atoms with Crippen LogP contribution in [0.2, 0.25) is 10.0 Å². The van der Waals surface area contributed by atoms with Crippen molar-refractivity contribution >= 4 is 41.1 Å². The van der Waals surface area contributed by atoms with Crippen LogP contribution in [0.25, 0.3) is 11.3 Å². The molecule has 1 heterocycles. The first kappa shape index (κ1) is 18.2. The molecule has 0 fully saturated rings. The summed E-state index contributed by atoms with van der Waals surface area (Å²) >= 11 is 12.2. The number of carbonyl (C=O) groups excluding carboxylic acids is 1. The van der Waals surface area contributed by atoms with E-state index >= 15 is 0 Å². The molecule has 0 bridgehead atoms. The zero-order valence-electron chi connectivity index (χ0n) is 12.8. The Balaban J connectivity index is 2.22. The van der Waals surface area contributed by atoms with Crippen LogP contribution in [0.1, 0.15) is 6.92 Å². The van der Waals surface area contributed by atoms with Crippen molar-refractivity contribution in [3.8, 4) is 11.3 Å². The van der Waals surface area contributed by atoms with Gasteiger partial charge in [0.15, 0.2) is 5.82 Å². The average molecular weight is 372 g/mol. The predicted octanol–water partition coefficient (Wildman–Crippen LogP) is 3.01. The third kappa shape index (κ3) is 4.67. The highest BCUT2D eigenvalue weighted by Crippen LogP contribution is 2.35. The van der Waals surface area contributed by atoms with Crippen molar-refractivity contribution in [1.29, 1.82) is 0 Å². The van der Waals surface area contributed by atoms with E-state index in [1.165, 1.54) is 0 Å². The van der Waals surface area contributed by atoms with Crippen molar-refractivity contribution in [3.05, 3.63) is 28.2 Å². The topological polar surface area (TPSA) is 112 Å². The molecule has 0 spiro atoms. The number of rotatable bonds is 6. The number of benzene rings is 1. The lowest BCUT2D eigenvalue weighted by Gasteiger charge is -2.11. The van der Waals surface area contributed by atoms with E-state index in [1.807, 2.05) is 6.92 Å². The van der Waals surface area contributed by atoms with Crippen LogP contribution in [0.4, 0.5) is 16.6 Å². The van der Waals surface area contributed by atoms with Gasteiger partial charge < -0.3 is 15.2 Å². The van der Waals surface area contributed by atoms with Crippen LogP contribution in [0, 0.1) is 0 Å². The van der Waals surface area contributed by atoms with E-state index in [1.54, 1.807) is 18.2 Å². The molecule has 2 rings (SSSR count). The highest BCUT2D eigenvalue weighted by Gasteiger charge is 2.17. The molecular weight excluding hydrogens is 357 g/mol. The highest BCUT2D eigenvalue weighted by atomic mass is 35.5. The molecule has 0 aliphatic carbocycles. The van der Waals surface area contributed by atoms with Gasteiger partial charge in [-0.3, -0.25) is 5.32 Å². The lowest BCUT2D eigenvalue weighted by Crippen LogP contribution is -2.19. The average Bonchev–Trinajstić information content (AvgIpc) is 2.55. The van der Waals surface area contributed by atoms with Crippen LogP contribution in [0.5, 0.6) is 0 Å². The van der Waals surface area contributed by atoms with Gasteiger partial charge in [-0.05, 0) is 13.0 Å². The quantitative estimate of drug-likeness (QED) is 0.750. The van der Waals surface area contributed by atoms with Crippen molar-refractivity contribution in [2.24, 2.45) is 0 Å². The first-order chi connectivity index (χ1) is 11.5. The van der Waals surface area contributed by atoms with Crippen molar-refractivity contribution in [3.63, 3.8) is 0 Å². The number of anilines is 2. The monoisotopic (exact) mass is 371 g/mol. The Morgan fingerprint density at radius 1 is 1.29 bits per heavy atom. The van der Waals surface area contributed by atoms with E-state index in [0.717, 1.165) is 0 Å². The smallest absolute Gasteiger partial charge is 0.412 e. The number of nitrogens with zero attached hydrogens (tertiary/aromatic N) is 3. The molecule has 2 aromatic rings. The van der Waals surface area contributed by atoms with Crippen molar-refractivity contribution in [2.75, 3.05) is 30.9 Å². The molecule has 0 saturated carbocycles. The van der Waals surface area contributed by atoms with Crippen LogP contribution in [-0.2, 0) is 9.47 Å². The molecule has 1 aromatic carbocycles. The van der Waals surface area contributed by atoms with Crippen molar-refractivity contribution in [2.45, 2.75) is 6.92 Å². The molecule has 0 atom stereocenters. The second kappa shape index (κ2) is 8.62. The van der Waals surface area contributed by atoms with E-state index < -0.39 is 6.09 Å². The summed E-state index contributed by atoms with van der Waals surface area (Å²) in [5.74, 6) is -0.0467. The van der Waals surface area contributed by atoms with Gasteiger partial charge in [0.1, 0.15) is 12.3 Å². The third-order valence-electron chi connectivity index (χ3n) is 2.80. The molecule has 24 heavy (non-hydrogen) atoms. The number of carbonyl (C=O) groups is 1. The molecule has 1 aromatic heterocycles. The largest absolute Gasteiger partial charge is 0.447 e. The summed E-state index contributed by atoms with van der Waals surface area (Å²) in [4.78, 5) is 15.8. The summed E-state index contributed by atoms with van der Waals surface area (Å²) in [6, 6.07) is 4.98. The van der Waals surface area contributed by atoms with Gasteiger partial charge in [0.25, 0.3) is 0 Å². The minimum atomic E-state index is -0.728. The van der Waals surface area contributed by atoms with Crippen molar-refractivity contribution in [1.82, 2.24) is 15.2 Å². The van der Waals surface area contributed by atoms with E-state index in [-0.39, 0.29) is 29.1 Å². The Morgan fingerprint density at radius 2 is 2.08 bits per heavy atom. The minimum Gasteiger partial charge on any atom is -0.447 e. The maximum atomic E-state index is 11.8. The van der Waals surface area contributed by atoms with Crippen LogP contribution in [0.15, 0.2) is 18.2 Å². The molecule has 1 amide bonds. The fraction of sp³-hybridized carbons (Fsp3) is 0.286. The fourth-order valence-corrected chi connectivity index (χ4v) is 2.15. The summed E-state index contributed by atoms with van der Waals surface area (Å²) < 4.78 is 10.0. The highest BCUT2D eigenvalue weighted by molar-refractivity contribution is 6.43. The summed E-state index contributed by atoms with van der Waals surface area (Å²) in [6.07, 6.45) is -0.728. The van der Waals surface area contributed by atoms with Gasteiger partial charge in [-0.1, -0.05) is 35.3 Å². The molecule has 0 aliphatic heterocycles. The maximum absolute atomic E-state index is 11.8. The molecule has 0 radical (unpaired) electrons. The van der Waals surface area contributed by atoms with E-state index in [2.05, 4.69) is 20.5 Å². The Labute approximate surface area is 148 Å². The molecule has 0 aliphatic rings. The number of amides is 1. The number of halogens is 2. The SMILES string of the molecule is CCOCCOC(=O)Nc1nc(N)nnc1-c1cccc(Cl)c1Cl. The fourth-order valence-electron chi connectivity index (χ4n) is 1.76.